The molecule has 0 aromatic carbocycles. The van der Waals surface area contributed by atoms with E-state index in [-0.39, 0.29) is 0 Å². The van der Waals surface area contributed by atoms with Gasteiger partial charge in [0.05, 0.1) is 0 Å². The van der Waals surface area contributed by atoms with E-state index in [9.17, 15) is 0 Å². The predicted octanol–water partition coefficient (Wildman–Crippen LogP) is 2.54. The van der Waals surface area contributed by atoms with Crippen LogP contribution in [0.1, 0.15) is 45.4 Å². The molecule has 4 saturated carbocycles. The van der Waals surface area contributed by atoms with Crippen molar-refractivity contribution in [3.63, 3.8) is 0 Å². The monoisotopic (exact) mass is 192 g/mol. The summed E-state index contributed by atoms with van der Waals surface area (Å²) in [5, 5.41) is 4.00. The second-order valence-corrected chi connectivity index (χ2v) is 5.91. The average molecular weight is 192 g/mol. The lowest BCUT2D eigenvalue weighted by molar-refractivity contribution is -0.0127. The van der Waals surface area contributed by atoms with Gasteiger partial charge in [0, 0.05) is 11.1 Å². The Balaban J connectivity index is 1.94. The first kappa shape index (κ1) is 8.75. The molecule has 2 heteroatoms. The maximum absolute atomic E-state index is 5.48. The van der Waals surface area contributed by atoms with Crippen molar-refractivity contribution in [1.29, 1.82) is 0 Å². The number of nitrogens with two attached hydrogens (primary N) is 1. The van der Waals surface area contributed by atoms with Crippen molar-refractivity contribution in [1.82, 2.24) is 0 Å². The lowest BCUT2D eigenvalue weighted by Gasteiger charge is -2.56. The van der Waals surface area contributed by atoms with E-state index in [4.69, 9.17) is 5.84 Å². The molecular formula is C12H20N2. The van der Waals surface area contributed by atoms with E-state index in [1.54, 1.807) is 0 Å². The van der Waals surface area contributed by atoms with Crippen LogP contribution in [-0.2, 0) is 0 Å². The fraction of sp³-hybridized carbons (Fsp3) is 0.917. The van der Waals surface area contributed by atoms with E-state index < -0.39 is 0 Å². The molecule has 0 atom stereocenters. The van der Waals surface area contributed by atoms with Crippen molar-refractivity contribution in [2.75, 3.05) is 0 Å². The summed E-state index contributed by atoms with van der Waals surface area (Å²) in [4.78, 5) is 0. The average Bonchev–Trinajstić information content (AvgIpc) is 2.14. The van der Waals surface area contributed by atoms with Gasteiger partial charge in [0.1, 0.15) is 0 Å². The largest absolute Gasteiger partial charge is 0.323 e. The standard InChI is InChI=1S/C12H20N2/c1-8(14-13)12-5-9-2-10(6-12)4-11(3-9)7-12/h9-11H,2-7,13H2,1H3/b14-8+. The molecular weight excluding hydrogens is 172 g/mol. The Kier molecular flexibility index (Phi) is 1.71. The number of hydrogen-bond acceptors (Lipinski definition) is 2. The van der Waals surface area contributed by atoms with Gasteiger partial charge >= 0.3 is 0 Å². The Morgan fingerprint density at radius 3 is 1.86 bits per heavy atom. The summed E-state index contributed by atoms with van der Waals surface area (Å²) in [6, 6.07) is 0. The highest BCUT2D eigenvalue weighted by Crippen LogP contribution is 2.60. The number of hydrazone groups is 1. The SMILES string of the molecule is C/C(=N\N)C12CC3CC(CC(C3)C1)C2. The first-order valence-electron chi connectivity index (χ1n) is 5.97. The van der Waals surface area contributed by atoms with Gasteiger partial charge in [-0.2, -0.15) is 5.10 Å². The van der Waals surface area contributed by atoms with Crippen molar-refractivity contribution >= 4 is 5.71 Å². The fourth-order valence-corrected chi connectivity index (χ4v) is 4.69. The Bertz CT molecular complexity index is 245. The van der Waals surface area contributed by atoms with Crippen molar-refractivity contribution in [3.8, 4) is 0 Å². The molecule has 4 aliphatic carbocycles. The molecule has 0 aliphatic heterocycles. The van der Waals surface area contributed by atoms with Crippen LogP contribution in [0.3, 0.4) is 0 Å². The van der Waals surface area contributed by atoms with Gasteiger partial charge in [0.15, 0.2) is 0 Å². The summed E-state index contributed by atoms with van der Waals surface area (Å²) in [6.45, 7) is 2.15. The molecule has 78 valence electrons. The van der Waals surface area contributed by atoms with Crippen LogP contribution < -0.4 is 5.84 Å². The Morgan fingerprint density at radius 1 is 1.07 bits per heavy atom. The zero-order valence-electron chi connectivity index (χ0n) is 9.00. The molecule has 4 fully saturated rings. The van der Waals surface area contributed by atoms with E-state index in [2.05, 4.69) is 12.0 Å². The zero-order valence-corrected chi connectivity index (χ0v) is 9.00. The summed E-state index contributed by atoms with van der Waals surface area (Å²) in [6.07, 6.45) is 8.63. The lowest BCUT2D eigenvalue weighted by Crippen LogP contribution is -2.49. The van der Waals surface area contributed by atoms with Gasteiger partial charge in [-0.1, -0.05) is 0 Å². The van der Waals surface area contributed by atoms with Crippen LogP contribution in [0.5, 0.6) is 0 Å². The summed E-state index contributed by atoms with van der Waals surface area (Å²) in [5.41, 5.74) is 1.67. The van der Waals surface area contributed by atoms with Gasteiger partial charge < -0.3 is 5.84 Å². The summed E-state index contributed by atoms with van der Waals surface area (Å²) >= 11 is 0. The van der Waals surface area contributed by atoms with Gasteiger partial charge in [-0.25, -0.2) is 0 Å². The molecule has 0 amide bonds. The molecule has 0 radical (unpaired) electrons. The predicted molar refractivity (Wildman–Crippen MR) is 57.9 cm³/mol. The van der Waals surface area contributed by atoms with E-state index >= 15 is 0 Å². The normalized spacial score (nSPS) is 51.2. The molecule has 2 nitrogen and oxygen atoms in total. The Morgan fingerprint density at radius 2 is 1.50 bits per heavy atom. The first-order chi connectivity index (χ1) is 6.72. The van der Waals surface area contributed by atoms with Crippen LogP contribution in [0.4, 0.5) is 0 Å². The van der Waals surface area contributed by atoms with Crippen LogP contribution in [0.25, 0.3) is 0 Å². The van der Waals surface area contributed by atoms with Crippen molar-refractivity contribution in [2.24, 2.45) is 34.1 Å². The second-order valence-electron chi connectivity index (χ2n) is 5.91. The summed E-state index contributed by atoms with van der Waals surface area (Å²) in [5.74, 6) is 8.48. The molecule has 14 heavy (non-hydrogen) atoms. The Labute approximate surface area is 85.9 Å². The molecule has 4 bridgehead atoms. The molecule has 0 aromatic heterocycles. The summed E-state index contributed by atoms with van der Waals surface area (Å²) in [7, 11) is 0. The quantitative estimate of drug-likeness (QED) is 0.387. The minimum absolute atomic E-state index is 0.434. The molecule has 4 aliphatic rings. The highest BCUT2D eigenvalue weighted by Gasteiger charge is 2.52. The number of rotatable bonds is 1. The van der Waals surface area contributed by atoms with E-state index in [1.165, 1.54) is 44.2 Å². The third kappa shape index (κ3) is 1.06. The molecule has 0 saturated heterocycles. The third-order valence-electron chi connectivity index (χ3n) is 5.00. The van der Waals surface area contributed by atoms with Crippen LogP contribution >= 0.6 is 0 Å². The van der Waals surface area contributed by atoms with Crippen molar-refractivity contribution in [3.05, 3.63) is 0 Å². The molecule has 0 heterocycles. The fourth-order valence-electron chi connectivity index (χ4n) is 4.69. The van der Waals surface area contributed by atoms with Crippen LogP contribution in [0, 0.1) is 23.2 Å². The smallest absolute Gasteiger partial charge is 0.0406 e. The number of nitrogens with zero attached hydrogens (tertiary/aromatic N) is 1. The highest BCUT2D eigenvalue weighted by molar-refractivity contribution is 5.88. The van der Waals surface area contributed by atoms with E-state index in [1.807, 2.05) is 0 Å². The molecule has 0 spiro atoms. The van der Waals surface area contributed by atoms with Crippen LogP contribution in [0.15, 0.2) is 5.10 Å². The zero-order chi connectivity index (χ0) is 9.76. The first-order valence-corrected chi connectivity index (χ1v) is 5.97. The van der Waals surface area contributed by atoms with Gasteiger partial charge in [-0.05, 0) is 63.2 Å². The van der Waals surface area contributed by atoms with Gasteiger partial charge in [0.2, 0.25) is 0 Å². The van der Waals surface area contributed by atoms with Gasteiger partial charge in [-0.3, -0.25) is 0 Å². The highest BCUT2D eigenvalue weighted by atomic mass is 15.1. The van der Waals surface area contributed by atoms with Crippen LogP contribution in [-0.4, -0.2) is 5.71 Å². The Hall–Kier alpha value is -0.530. The lowest BCUT2D eigenvalue weighted by atomic mass is 9.48. The maximum Gasteiger partial charge on any atom is 0.0406 e. The van der Waals surface area contributed by atoms with E-state index in [0.717, 1.165) is 17.8 Å². The van der Waals surface area contributed by atoms with Gasteiger partial charge in [0.25, 0.3) is 0 Å². The molecule has 0 aromatic rings. The van der Waals surface area contributed by atoms with Gasteiger partial charge in [-0.15, -0.1) is 0 Å². The van der Waals surface area contributed by atoms with Crippen LogP contribution in [0.2, 0.25) is 0 Å². The minimum Gasteiger partial charge on any atom is -0.323 e. The van der Waals surface area contributed by atoms with E-state index in [0.29, 0.717) is 5.41 Å². The minimum atomic E-state index is 0.434. The van der Waals surface area contributed by atoms with Crippen molar-refractivity contribution < 1.29 is 0 Å². The second kappa shape index (κ2) is 2.74. The summed E-state index contributed by atoms with van der Waals surface area (Å²) < 4.78 is 0. The molecule has 4 rings (SSSR count). The molecule has 2 N–H and O–H groups in total. The third-order valence-corrected chi connectivity index (χ3v) is 5.00. The van der Waals surface area contributed by atoms with Crippen molar-refractivity contribution in [2.45, 2.75) is 45.4 Å². The number of hydrogen-bond donors (Lipinski definition) is 1. The topological polar surface area (TPSA) is 38.4 Å². The maximum atomic E-state index is 5.48. The molecule has 0 unspecified atom stereocenters.